The van der Waals surface area contributed by atoms with E-state index in [2.05, 4.69) is 15.3 Å². The summed E-state index contributed by atoms with van der Waals surface area (Å²) < 4.78 is 23.5. The van der Waals surface area contributed by atoms with Crippen LogP contribution in [0, 0.1) is 13.8 Å². The Kier molecular flexibility index (Phi) is 4.88. The maximum Gasteiger partial charge on any atom is 0.267 e. The summed E-state index contributed by atoms with van der Waals surface area (Å²) >= 11 is 1.25. The van der Waals surface area contributed by atoms with E-state index in [0.29, 0.717) is 27.0 Å². The van der Waals surface area contributed by atoms with Crippen molar-refractivity contribution < 1.29 is 13.2 Å². The van der Waals surface area contributed by atoms with Crippen molar-refractivity contribution in [2.75, 3.05) is 11.6 Å². The first-order chi connectivity index (χ1) is 12.3. The Balaban J connectivity index is 1.91. The summed E-state index contributed by atoms with van der Waals surface area (Å²) in [5.41, 5.74) is 2.54. The van der Waals surface area contributed by atoms with Crippen molar-refractivity contribution in [3.05, 3.63) is 58.7 Å². The number of carbonyl (C=O) groups is 1. The molecule has 26 heavy (non-hydrogen) atoms. The van der Waals surface area contributed by atoms with Gasteiger partial charge in [0.05, 0.1) is 16.3 Å². The van der Waals surface area contributed by atoms with Gasteiger partial charge in [-0.3, -0.25) is 9.78 Å². The van der Waals surface area contributed by atoms with Gasteiger partial charge in [-0.05, 0) is 43.7 Å². The third kappa shape index (κ3) is 3.81. The summed E-state index contributed by atoms with van der Waals surface area (Å²) in [6, 6.07) is 10.2. The molecule has 0 aliphatic carbocycles. The molecule has 6 nitrogen and oxygen atoms in total. The number of carbonyl (C=O) groups excluding carboxylic acids is 1. The maximum atomic E-state index is 12.7. The van der Waals surface area contributed by atoms with Crippen molar-refractivity contribution >= 4 is 32.8 Å². The van der Waals surface area contributed by atoms with Crippen LogP contribution in [0.3, 0.4) is 0 Å². The van der Waals surface area contributed by atoms with Gasteiger partial charge in [-0.1, -0.05) is 12.1 Å². The molecule has 0 saturated carbocycles. The summed E-state index contributed by atoms with van der Waals surface area (Å²) in [5, 5.41) is 3.45. The third-order valence-corrected chi connectivity index (χ3v) is 6.06. The number of aromatic nitrogens is 2. The van der Waals surface area contributed by atoms with E-state index in [4.69, 9.17) is 0 Å². The number of hydrogen-bond acceptors (Lipinski definition) is 6. The number of nitrogens with one attached hydrogen (secondary N) is 1. The van der Waals surface area contributed by atoms with Crippen LogP contribution in [0.4, 0.5) is 5.69 Å². The fourth-order valence-electron chi connectivity index (χ4n) is 2.35. The maximum absolute atomic E-state index is 12.7. The van der Waals surface area contributed by atoms with E-state index in [1.807, 2.05) is 18.2 Å². The molecule has 1 aromatic carbocycles. The predicted octanol–water partition coefficient (Wildman–Crippen LogP) is 3.48. The van der Waals surface area contributed by atoms with E-state index in [9.17, 15) is 13.2 Å². The van der Waals surface area contributed by atoms with Crippen molar-refractivity contribution in [2.24, 2.45) is 0 Å². The Bertz CT molecular complexity index is 1070. The molecule has 3 rings (SSSR count). The molecule has 0 bridgehead atoms. The van der Waals surface area contributed by atoms with Crippen molar-refractivity contribution in [3.8, 4) is 10.7 Å². The number of hydrogen-bond donors (Lipinski definition) is 1. The first kappa shape index (κ1) is 18.2. The second-order valence-electron chi connectivity index (χ2n) is 5.85. The lowest BCUT2D eigenvalue weighted by atomic mass is 10.2. The molecule has 0 fully saturated rings. The van der Waals surface area contributed by atoms with Crippen LogP contribution < -0.4 is 5.32 Å². The molecule has 0 saturated heterocycles. The SMILES string of the molecule is Cc1ccc(S(C)(=O)=O)cc1NC(=O)c1sc(-c2ccccn2)nc1C. The monoisotopic (exact) mass is 387 g/mol. The van der Waals surface area contributed by atoms with Crippen LogP contribution in [0.5, 0.6) is 0 Å². The molecule has 8 heteroatoms. The molecule has 0 aliphatic heterocycles. The second-order valence-corrected chi connectivity index (χ2v) is 8.87. The average molecular weight is 387 g/mol. The minimum atomic E-state index is -3.35. The zero-order chi connectivity index (χ0) is 18.9. The van der Waals surface area contributed by atoms with Gasteiger partial charge in [-0.2, -0.15) is 0 Å². The minimum Gasteiger partial charge on any atom is -0.321 e. The summed E-state index contributed by atoms with van der Waals surface area (Å²) in [5.74, 6) is -0.323. The Labute approximate surface area is 155 Å². The highest BCUT2D eigenvalue weighted by Crippen LogP contribution is 2.28. The van der Waals surface area contributed by atoms with Gasteiger partial charge in [0.1, 0.15) is 9.88 Å². The number of anilines is 1. The number of thiazole rings is 1. The fourth-order valence-corrected chi connectivity index (χ4v) is 3.94. The summed E-state index contributed by atoms with van der Waals surface area (Å²) in [4.78, 5) is 22.0. The Morgan fingerprint density at radius 3 is 2.58 bits per heavy atom. The lowest BCUT2D eigenvalue weighted by Crippen LogP contribution is -2.13. The molecule has 0 radical (unpaired) electrons. The number of sulfone groups is 1. The van der Waals surface area contributed by atoms with Crippen LogP contribution in [0.15, 0.2) is 47.5 Å². The normalized spacial score (nSPS) is 11.3. The largest absolute Gasteiger partial charge is 0.321 e. The van der Waals surface area contributed by atoms with Gasteiger partial charge in [-0.15, -0.1) is 11.3 Å². The number of nitrogens with zero attached hydrogens (tertiary/aromatic N) is 2. The quantitative estimate of drug-likeness (QED) is 0.740. The zero-order valence-electron chi connectivity index (χ0n) is 14.5. The van der Waals surface area contributed by atoms with Crippen LogP contribution >= 0.6 is 11.3 Å². The topological polar surface area (TPSA) is 89.0 Å². The van der Waals surface area contributed by atoms with Crippen LogP contribution in [0.2, 0.25) is 0 Å². The number of rotatable bonds is 4. The third-order valence-electron chi connectivity index (χ3n) is 3.77. The van der Waals surface area contributed by atoms with Gasteiger partial charge in [0.25, 0.3) is 5.91 Å². The smallest absolute Gasteiger partial charge is 0.267 e. The molecule has 1 N–H and O–H groups in total. The Morgan fingerprint density at radius 1 is 1.15 bits per heavy atom. The van der Waals surface area contributed by atoms with E-state index in [1.54, 1.807) is 26.1 Å². The van der Waals surface area contributed by atoms with Crippen molar-refractivity contribution in [1.29, 1.82) is 0 Å². The molecule has 0 spiro atoms. The van der Waals surface area contributed by atoms with Crippen LogP contribution in [-0.4, -0.2) is 30.5 Å². The molecular formula is C18H17N3O3S2. The lowest BCUT2D eigenvalue weighted by molar-refractivity contribution is 0.102. The Hall–Kier alpha value is -2.58. The molecule has 3 aromatic rings. The van der Waals surface area contributed by atoms with Crippen LogP contribution in [0.1, 0.15) is 20.9 Å². The highest BCUT2D eigenvalue weighted by atomic mass is 32.2. The van der Waals surface area contributed by atoms with E-state index < -0.39 is 9.84 Å². The number of aryl methyl sites for hydroxylation is 2. The van der Waals surface area contributed by atoms with Crippen molar-refractivity contribution in [3.63, 3.8) is 0 Å². The van der Waals surface area contributed by atoms with E-state index in [0.717, 1.165) is 11.8 Å². The molecular weight excluding hydrogens is 370 g/mol. The van der Waals surface area contributed by atoms with Gasteiger partial charge in [0.15, 0.2) is 9.84 Å². The lowest BCUT2D eigenvalue weighted by Gasteiger charge is -2.09. The van der Waals surface area contributed by atoms with E-state index in [-0.39, 0.29) is 10.8 Å². The van der Waals surface area contributed by atoms with E-state index in [1.165, 1.54) is 23.5 Å². The van der Waals surface area contributed by atoms with E-state index >= 15 is 0 Å². The van der Waals surface area contributed by atoms with Gasteiger partial charge >= 0.3 is 0 Å². The highest BCUT2D eigenvalue weighted by molar-refractivity contribution is 7.90. The van der Waals surface area contributed by atoms with Gasteiger partial charge in [0, 0.05) is 18.1 Å². The predicted molar refractivity (Wildman–Crippen MR) is 102 cm³/mol. The second kappa shape index (κ2) is 6.97. The number of pyridine rings is 1. The molecule has 1 amide bonds. The fraction of sp³-hybridized carbons (Fsp3) is 0.167. The van der Waals surface area contributed by atoms with Crippen LogP contribution in [0.25, 0.3) is 10.7 Å². The molecule has 0 atom stereocenters. The number of amides is 1. The van der Waals surface area contributed by atoms with Gasteiger partial charge < -0.3 is 5.32 Å². The first-order valence-electron chi connectivity index (χ1n) is 7.76. The average Bonchev–Trinajstić information content (AvgIpc) is 2.98. The van der Waals surface area contributed by atoms with Gasteiger partial charge in [-0.25, -0.2) is 13.4 Å². The highest BCUT2D eigenvalue weighted by Gasteiger charge is 2.18. The minimum absolute atomic E-state index is 0.161. The Morgan fingerprint density at radius 2 is 1.92 bits per heavy atom. The first-order valence-corrected chi connectivity index (χ1v) is 10.5. The zero-order valence-corrected chi connectivity index (χ0v) is 16.1. The molecule has 2 aromatic heterocycles. The molecule has 2 heterocycles. The van der Waals surface area contributed by atoms with Crippen molar-refractivity contribution in [1.82, 2.24) is 9.97 Å². The summed E-state index contributed by atoms with van der Waals surface area (Å²) in [6.07, 6.45) is 2.81. The number of benzene rings is 1. The van der Waals surface area contributed by atoms with Crippen LogP contribution in [-0.2, 0) is 9.84 Å². The van der Waals surface area contributed by atoms with Gasteiger partial charge in [0.2, 0.25) is 0 Å². The summed E-state index contributed by atoms with van der Waals surface area (Å²) in [7, 11) is -3.35. The summed E-state index contributed by atoms with van der Waals surface area (Å²) in [6.45, 7) is 3.57. The molecule has 0 unspecified atom stereocenters. The van der Waals surface area contributed by atoms with Crippen molar-refractivity contribution in [2.45, 2.75) is 18.7 Å². The standard InChI is InChI=1S/C18H17N3O3S2/c1-11-7-8-13(26(3,23)24)10-15(11)21-17(22)16-12(2)20-18(25-16)14-6-4-5-9-19-14/h4-10H,1-3H3,(H,21,22). The molecule has 134 valence electrons. The molecule has 0 aliphatic rings.